The summed E-state index contributed by atoms with van der Waals surface area (Å²) in [5.41, 5.74) is 4.06. The number of ether oxygens (including phenoxy) is 1. The molecule has 0 saturated carbocycles. The highest BCUT2D eigenvalue weighted by Gasteiger charge is 2.42. The summed E-state index contributed by atoms with van der Waals surface area (Å²) in [4.78, 5) is 12.9. The quantitative estimate of drug-likeness (QED) is 0.561. The molecule has 0 saturated heterocycles. The Balaban J connectivity index is 1.78. The number of halogens is 2. The van der Waals surface area contributed by atoms with Gasteiger partial charge in [-0.25, -0.2) is 0 Å². The molecule has 28 heavy (non-hydrogen) atoms. The largest absolute Gasteiger partial charge is 0.496 e. The van der Waals surface area contributed by atoms with Crippen LogP contribution in [-0.4, -0.2) is 13.0 Å². The second-order valence-corrected chi connectivity index (χ2v) is 7.99. The SMILES string of the molecule is COc1ccccc1-c1ccc2c(c1)C(C)(Cc1ccc(Cl)c(Cl)c1)C(=O)N2. The van der Waals surface area contributed by atoms with Crippen LogP contribution in [0.15, 0.2) is 60.7 Å². The molecule has 3 aromatic carbocycles. The zero-order valence-electron chi connectivity index (χ0n) is 15.6. The Morgan fingerprint density at radius 2 is 1.79 bits per heavy atom. The van der Waals surface area contributed by atoms with E-state index in [2.05, 4.69) is 11.4 Å². The lowest BCUT2D eigenvalue weighted by Gasteiger charge is -2.23. The third kappa shape index (κ3) is 3.15. The van der Waals surface area contributed by atoms with E-state index in [0.29, 0.717) is 16.5 Å². The first-order chi connectivity index (χ1) is 13.4. The predicted molar refractivity (Wildman–Crippen MR) is 115 cm³/mol. The van der Waals surface area contributed by atoms with Crippen LogP contribution < -0.4 is 10.1 Å². The molecule has 5 heteroatoms. The summed E-state index contributed by atoms with van der Waals surface area (Å²) in [6.07, 6.45) is 0.526. The minimum atomic E-state index is -0.704. The lowest BCUT2D eigenvalue weighted by Crippen LogP contribution is -2.33. The summed E-state index contributed by atoms with van der Waals surface area (Å²) in [5, 5.41) is 4.01. The van der Waals surface area contributed by atoms with Gasteiger partial charge >= 0.3 is 0 Å². The number of hydrogen-bond acceptors (Lipinski definition) is 2. The lowest BCUT2D eigenvalue weighted by atomic mass is 9.77. The number of para-hydroxylation sites is 1. The van der Waals surface area contributed by atoms with Crippen molar-refractivity contribution in [1.29, 1.82) is 0 Å². The van der Waals surface area contributed by atoms with Crippen molar-refractivity contribution in [2.75, 3.05) is 12.4 Å². The molecule has 0 aliphatic carbocycles. The number of benzene rings is 3. The van der Waals surface area contributed by atoms with Gasteiger partial charge in [0.15, 0.2) is 0 Å². The fraction of sp³-hybridized carbons (Fsp3) is 0.174. The Kier molecular flexibility index (Phi) is 4.82. The van der Waals surface area contributed by atoms with Gasteiger partial charge in [0.1, 0.15) is 5.75 Å². The molecule has 142 valence electrons. The van der Waals surface area contributed by atoms with Crippen LogP contribution in [0.4, 0.5) is 5.69 Å². The van der Waals surface area contributed by atoms with Crippen molar-refractivity contribution in [3.8, 4) is 16.9 Å². The maximum atomic E-state index is 12.9. The van der Waals surface area contributed by atoms with Gasteiger partial charge in [-0.05, 0) is 60.4 Å². The number of carbonyl (C=O) groups is 1. The van der Waals surface area contributed by atoms with Gasteiger partial charge in [-0.3, -0.25) is 4.79 Å². The number of amides is 1. The highest BCUT2D eigenvalue weighted by Crippen LogP contribution is 2.43. The standard InChI is InChI=1S/C23H19Cl2NO2/c1-23(13-14-7-9-18(24)19(25)11-14)17-12-15(8-10-20(17)26-22(23)27)16-5-3-4-6-21(16)28-2/h3-12H,13H2,1-2H3,(H,26,27). The summed E-state index contributed by atoms with van der Waals surface area (Å²) in [6.45, 7) is 1.96. The van der Waals surface area contributed by atoms with Crippen LogP contribution in [-0.2, 0) is 16.6 Å². The van der Waals surface area contributed by atoms with E-state index in [0.717, 1.165) is 33.7 Å². The summed E-state index contributed by atoms with van der Waals surface area (Å²) < 4.78 is 5.50. The molecule has 1 N–H and O–H groups in total. The molecule has 0 fully saturated rings. The zero-order valence-corrected chi connectivity index (χ0v) is 17.1. The van der Waals surface area contributed by atoms with E-state index < -0.39 is 5.41 Å². The average molecular weight is 412 g/mol. The van der Waals surface area contributed by atoms with Crippen molar-refractivity contribution in [2.24, 2.45) is 0 Å². The Labute approximate surface area is 174 Å². The molecular formula is C23H19Cl2NO2. The zero-order chi connectivity index (χ0) is 19.9. The molecule has 3 aromatic rings. The minimum absolute atomic E-state index is 0.0225. The molecule has 0 spiro atoms. The van der Waals surface area contributed by atoms with Gasteiger partial charge in [-0.2, -0.15) is 0 Å². The summed E-state index contributed by atoms with van der Waals surface area (Å²) in [6, 6.07) is 19.4. The van der Waals surface area contributed by atoms with Crippen LogP contribution in [0.3, 0.4) is 0 Å². The van der Waals surface area contributed by atoms with Gasteiger partial charge in [-0.15, -0.1) is 0 Å². The van der Waals surface area contributed by atoms with Crippen LogP contribution in [0.5, 0.6) is 5.75 Å². The maximum absolute atomic E-state index is 12.9. The fourth-order valence-electron chi connectivity index (χ4n) is 3.78. The van der Waals surface area contributed by atoms with E-state index in [4.69, 9.17) is 27.9 Å². The number of methoxy groups -OCH3 is 1. The van der Waals surface area contributed by atoms with E-state index in [9.17, 15) is 4.79 Å². The van der Waals surface area contributed by atoms with Gasteiger partial charge in [0.05, 0.1) is 22.6 Å². The molecule has 4 rings (SSSR count). The van der Waals surface area contributed by atoms with E-state index >= 15 is 0 Å². The number of carbonyl (C=O) groups excluding carboxylic acids is 1. The second-order valence-electron chi connectivity index (χ2n) is 7.17. The molecule has 1 heterocycles. The lowest BCUT2D eigenvalue weighted by molar-refractivity contribution is -0.120. The van der Waals surface area contributed by atoms with Gasteiger partial charge in [0.25, 0.3) is 0 Å². The molecule has 0 radical (unpaired) electrons. The molecule has 1 atom stereocenters. The normalized spacial score (nSPS) is 17.9. The minimum Gasteiger partial charge on any atom is -0.496 e. The van der Waals surface area contributed by atoms with Gasteiger partial charge in [0.2, 0.25) is 5.91 Å². The topological polar surface area (TPSA) is 38.3 Å². The average Bonchev–Trinajstić information content (AvgIpc) is 2.94. The van der Waals surface area contributed by atoms with Crippen LogP contribution in [0.2, 0.25) is 10.0 Å². The molecule has 1 unspecified atom stereocenters. The first-order valence-electron chi connectivity index (χ1n) is 8.95. The van der Waals surface area contributed by atoms with Crippen molar-refractivity contribution < 1.29 is 9.53 Å². The van der Waals surface area contributed by atoms with Crippen LogP contribution in [0, 0.1) is 0 Å². The van der Waals surface area contributed by atoms with Crippen LogP contribution >= 0.6 is 23.2 Å². The van der Waals surface area contributed by atoms with Gasteiger partial charge in [0, 0.05) is 11.3 Å². The summed E-state index contributed by atoms with van der Waals surface area (Å²) in [7, 11) is 1.66. The molecule has 0 bridgehead atoms. The smallest absolute Gasteiger partial charge is 0.235 e. The Morgan fingerprint density at radius 1 is 1.00 bits per heavy atom. The molecule has 0 aromatic heterocycles. The molecular weight excluding hydrogens is 393 g/mol. The van der Waals surface area contributed by atoms with E-state index in [1.807, 2.05) is 55.5 Å². The first-order valence-corrected chi connectivity index (χ1v) is 9.71. The third-order valence-corrected chi connectivity index (χ3v) is 6.06. The van der Waals surface area contributed by atoms with Crippen molar-refractivity contribution in [3.63, 3.8) is 0 Å². The fourth-order valence-corrected chi connectivity index (χ4v) is 4.10. The number of nitrogens with one attached hydrogen (secondary N) is 1. The Bertz CT molecular complexity index is 1080. The highest BCUT2D eigenvalue weighted by atomic mass is 35.5. The van der Waals surface area contributed by atoms with Crippen molar-refractivity contribution in [3.05, 3.63) is 81.8 Å². The Hall–Kier alpha value is -2.49. The molecule has 1 amide bonds. The summed E-state index contributed by atoms with van der Waals surface area (Å²) >= 11 is 12.2. The third-order valence-electron chi connectivity index (χ3n) is 5.32. The van der Waals surface area contributed by atoms with Gasteiger partial charge < -0.3 is 10.1 Å². The molecule has 3 nitrogen and oxygen atoms in total. The number of hydrogen-bond donors (Lipinski definition) is 1. The van der Waals surface area contributed by atoms with E-state index in [1.54, 1.807) is 13.2 Å². The number of rotatable bonds is 4. The Morgan fingerprint density at radius 3 is 2.54 bits per heavy atom. The van der Waals surface area contributed by atoms with Crippen molar-refractivity contribution >= 4 is 34.8 Å². The first kappa shape index (κ1) is 18.9. The van der Waals surface area contributed by atoms with E-state index in [-0.39, 0.29) is 5.91 Å². The predicted octanol–water partition coefficient (Wildman–Crippen LogP) is 6.12. The van der Waals surface area contributed by atoms with Crippen molar-refractivity contribution in [2.45, 2.75) is 18.8 Å². The van der Waals surface area contributed by atoms with E-state index in [1.165, 1.54) is 0 Å². The van der Waals surface area contributed by atoms with Gasteiger partial charge in [-0.1, -0.05) is 53.5 Å². The molecule has 1 aliphatic rings. The summed E-state index contributed by atoms with van der Waals surface area (Å²) in [5.74, 6) is 0.775. The molecule has 1 aliphatic heterocycles. The monoisotopic (exact) mass is 411 g/mol. The number of fused-ring (bicyclic) bond motifs is 1. The number of anilines is 1. The highest BCUT2D eigenvalue weighted by molar-refractivity contribution is 6.42. The van der Waals surface area contributed by atoms with Crippen molar-refractivity contribution in [1.82, 2.24) is 0 Å². The second kappa shape index (κ2) is 7.16. The van der Waals surface area contributed by atoms with Crippen LogP contribution in [0.25, 0.3) is 11.1 Å². The van der Waals surface area contributed by atoms with Crippen LogP contribution in [0.1, 0.15) is 18.1 Å². The maximum Gasteiger partial charge on any atom is 0.235 e.